The fourth-order valence-electron chi connectivity index (χ4n) is 3.74. The van der Waals surface area contributed by atoms with Crippen molar-refractivity contribution >= 4 is 34.5 Å². The summed E-state index contributed by atoms with van der Waals surface area (Å²) in [5.74, 6) is -0.974. The first kappa shape index (κ1) is 20.9. The van der Waals surface area contributed by atoms with Gasteiger partial charge >= 0.3 is 0 Å². The number of carbonyl (C=O) groups excluding carboxylic acids is 2. The van der Waals surface area contributed by atoms with E-state index in [0.29, 0.717) is 17.0 Å². The molecule has 0 spiro atoms. The Kier molecular flexibility index (Phi) is 5.65. The Labute approximate surface area is 185 Å². The zero-order valence-electron chi connectivity index (χ0n) is 17.5. The van der Waals surface area contributed by atoms with Crippen LogP contribution in [0.5, 0.6) is 5.75 Å². The van der Waals surface area contributed by atoms with Crippen LogP contribution >= 0.6 is 11.3 Å². The molecular formula is C25H23NO4S. The smallest absolute Gasteiger partial charge is 0.300 e. The van der Waals surface area contributed by atoms with E-state index in [0.717, 1.165) is 10.4 Å². The van der Waals surface area contributed by atoms with Crippen LogP contribution in [0.1, 0.15) is 35.9 Å². The number of nitrogens with zero attached hydrogens (tertiary/aromatic N) is 1. The van der Waals surface area contributed by atoms with Gasteiger partial charge in [-0.1, -0.05) is 30.3 Å². The predicted molar refractivity (Wildman–Crippen MR) is 122 cm³/mol. The lowest BCUT2D eigenvalue weighted by Gasteiger charge is -2.25. The van der Waals surface area contributed by atoms with E-state index in [1.807, 2.05) is 50.4 Å². The largest absolute Gasteiger partial charge is 0.507 e. The summed E-state index contributed by atoms with van der Waals surface area (Å²) in [6, 6.07) is 17.3. The molecule has 5 nitrogen and oxygen atoms in total. The highest BCUT2D eigenvalue weighted by molar-refractivity contribution is 7.10. The van der Waals surface area contributed by atoms with E-state index in [-0.39, 0.29) is 17.4 Å². The van der Waals surface area contributed by atoms with Gasteiger partial charge in [0.2, 0.25) is 0 Å². The van der Waals surface area contributed by atoms with Gasteiger partial charge < -0.3 is 9.84 Å². The van der Waals surface area contributed by atoms with Crippen LogP contribution in [0, 0.1) is 6.92 Å². The highest BCUT2D eigenvalue weighted by Gasteiger charge is 2.47. The molecule has 1 amide bonds. The van der Waals surface area contributed by atoms with Crippen molar-refractivity contribution in [2.75, 3.05) is 4.90 Å². The summed E-state index contributed by atoms with van der Waals surface area (Å²) >= 11 is 1.46. The van der Waals surface area contributed by atoms with Gasteiger partial charge in [0.1, 0.15) is 17.6 Å². The van der Waals surface area contributed by atoms with Crippen molar-refractivity contribution in [1.29, 1.82) is 0 Å². The van der Waals surface area contributed by atoms with Crippen LogP contribution in [0.25, 0.3) is 5.76 Å². The van der Waals surface area contributed by atoms with Gasteiger partial charge in [-0.05, 0) is 62.0 Å². The SMILES string of the molecule is Cc1ccsc1C1/C(=C(/O)c2cccc(OC(C)C)c2)C(=O)C(=O)N1c1ccccc1. The van der Waals surface area contributed by atoms with Crippen molar-refractivity contribution in [3.8, 4) is 5.75 Å². The summed E-state index contributed by atoms with van der Waals surface area (Å²) in [6.45, 7) is 5.77. The molecule has 158 valence electrons. The standard InChI is InChI=1S/C25H23NO4S/c1-15(2)30-19-11-7-8-17(14-19)22(27)20-21(24-16(3)12-13-31-24)26(25(29)23(20)28)18-9-5-4-6-10-18/h4-15,21,27H,1-3H3/b22-20-. The molecule has 1 aromatic heterocycles. The Morgan fingerprint density at radius 3 is 2.45 bits per heavy atom. The Bertz CT molecular complexity index is 1160. The maximum Gasteiger partial charge on any atom is 0.300 e. The molecule has 0 radical (unpaired) electrons. The fourth-order valence-corrected chi connectivity index (χ4v) is 4.77. The molecular weight excluding hydrogens is 410 g/mol. The number of ether oxygens (including phenoxy) is 1. The lowest BCUT2D eigenvalue weighted by atomic mass is 9.98. The number of Topliss-reactive ketones (excluding diaryl/α,β-unsaturated/α-hetero) is 1. The Hall–Kier alpha value is -3.38. The molecule has 1 atom stereocenters. The van der Waals surface area contributed by atoms with Crippen molar-refractivity contribution in [1.82, 2.24) is 0 Å². The summed E-state index contributed by atoms with van der Waals surface area (Å²) in [5, 5.41) is 13.1. The summed E-state index contributed by atoms with van der Waals surface area (Å²) in [7, 11) is 0. The van der Waals surface area contributed by atoms with Gasteiger partial charge in [-0.25, -0.2) is 0 Å². The monoisotopic (exact) mass is 433 g/mol. The predicted octanol–water partition coefficient (Wildman–Crippen LogP) is 5.47. The molecule has 1 fully saturated rings. The van der Waals surface area contributed by atoms with Crippen molar-refractivity contribution < 1.29 is 19.4 Å². The van der Waals surface area contributed by atoms with Gasteiger partial charge in [0.15, 0.2) is 0 Å². The van der Waals surface area contributed by atoms with Gasteiger partial charge in [0, 0.05) is 16.1 Å². The number of rotatable bonds is 5. The first-order valence-corrected chi connectivity index (χ1v) is 10.9. The molecule has 0 saturated carbocycles. The maximum atomic E-state index is 13.1. The Balaban J connectivity index is 1.90. The molecule has 1 saturated heterocycles. The lowest BCUT2D eigenvalue weighted by Crippen LogP contribution is -2.29. The van der Waals surface area contributed by atoms with Crippen LogP contribution in [-0.4, -0.2) is 22.9 Å². The number of thiophene rings is 1. The van der Waals surface area contributed by atoms with Gasteiger partial charge in [-0.3, -0.25) is 14.5 Å². The highest BCUT2D eigenvalue weighted by atomic mass is 32.1. The number of aliphatic hydroxyl groups excluding tert-OH is 1. The third kappa shape index (κ3) is 3.86. The molecule has 3 aromatic rings. The van der Waals surface area contributed by atoms with Crippen LogP contribution in [0.2, 0.25) is 0 Å². The first-order chi connectivity index (χ1) is 14.9. The minimum Gasteiger partial charge on any atom is -0.507 e. The normalized spacial score (nSPS) is 18.1. The van der Waals surface area contributed by atoms with Gasteiger partial charge in [-0.15, -0.1) is 11.3 Å². The van der Waals surface area contributed by atoms with Crippen LogP contribution < -0.4 is 9.64 Å². The summed E-state index contributed by atoms with van der Waals surface area (Å²) in [4.78, 5) is 28.6. The number of hydrogen-bond donors (Lipinski definition) is 1. The second-order valence-corrected chi connectivity index (χ2v) is 8.61. The third-order valence-electron chi connectivity index (χ3n) is 5.11. The number of carbonyl (C=O) groups is 2. The molecule has 1 N–H and O–H groups in total. The van der Waals surface area contributed by atoms with E-state index < -0.39 is 17.7 Å². The molecule has 31 heavy (non-hydrogen) atoms. The number of anilines is 1. The Morgan fingerprint density at radius 2 is 1.81 bits per heavy atom. The molecule has 0 bridgehead atoms. The zero-order chi connectivity index (χ0) is 22.1. The minimum atomic E-state index is -0.700. The van der Waals surface area contributed by atoms with Crippen LogP contribution in [0.4, 0.5) is 5.69 Å². The summed E-state index contributed by atoms with van der Waals surface area (Å²) in [6.07, 6.45) is -0.0326. The van der Waals surface area contributed by atoms with Gasteiger partial charge in [0.05, 0.1) is 11.7 Å². The number of amides is 1. The maximum absolute atomic E-state index is 13.1. The summed E-state index contributed by atoms with van der Waals surface area (Å²) in [5.41, 5.74) is 2.09. The van der Waals surface area contributed by atoms with Crippen molar-refractivity contribution in [2.45, 2.75) is 32.9 Å². The van der Waals surface area contributed by atoms with Crippen molar-refractivity contribution in [2.24, 2.45) is 0 Å². The number of ketones is 1. The average Bonchev–Trinajstić information content (AvgIpc) is 3.28. The van der Waals surface area contributed by atoms with Crippen molar-refractivity contribution in [3.63, 3.8) is 0 Å². The van der Waals surface area contributed by atoms with Crippen LogP contribution in [0.15, 0.2) is 71.6 Å². The highest BCUT2D eigenvalue weighted by Crippen LogP contribution is 2.44. The van der Waals surface area contributed by atoms with E-state index in [9.17, 15) is 14.7 Å². The molecule has 2 aromatic carbocycles. The van der Waals surface area contributed by atoms with E-state index in [1.165, 1.54) is 16.2 Å². The number of aryl methyl sites for hydroxylation is 1. The molecule has 2 heterocycles. The molecule has 1 unspecified atom stereocenters. The number of aliphatic hydroxyl groups is 1. The van der Waals surface area contributed by atoms with Crippen LogP contribution in [-0.2, 0) is 9.59 Å². The van der Waals surface area contributed by atoms with E-state index >= 15 is 0 Å². The van der Waals surface area contributed by atoms with E-state index in [1.54, 1.807) is 36.4 Å². The number of hydrogen-bond acceptors (Lipinski definition) is 5. The molecule has 4 rings (SSSR count). The van der Waals surface area contributed by atoms with E-state index in [2.05, 4.69) is 0 Å². The third-order valence-corrected chi connectivity index (χ3v) is 6.18. The first-order valence-electron chi connectivity index (χ1n) is 10.1. The second kappa shape index (κ2) is 8.40. The molecule has 6 heteroatoms. The van der Waals surface area contributed by atoms with E-state index in [4.69, 9.17) is 4.74 Å². The molecule has 1 aliphatic heterocycles. The average molecular weight is 434 g/mol. The topological polar surface area (TPSA) is 66.8 Å². The van der Waals surface area contributed by atoms with Gasteiger partial charge in [0.25, 0.3) is 11.7 Å². The number of para-hydroxylation sites is 1. The fraction of sp³-hybridized carbons (Fsp3) is 0.200. The number of benzene rings is 2. The van der Waals surface area contributed by atoms with Gasteiger partial charge in [-0.2, -0.15) is 0 Å². The summed E-state index contributed by atoms with van der Waals surface area (Å²) < 4.78 is 5.73. The Morgan fingerprint density at radius 1 is 1.06 bits per heavy atom. The minimum absolute atomic E-state index is 0.0326. The van der Waals surface area contributed by atoms with Crippen molar-refractivity contribution in [3.05, 3.63) is 87.6 Å². The lowest BCUT2D eigenvalue weighted by molar-refractivity contribution is -0.132. The molecule has 0 aliphatic carbocycles. The van der Waals surface area contributed by atoms with Crippen LogP contribution in [0.3, 0.4) is 0 Å². The second-order valence-electron chi connectivity index (χ2n) is 7.67. The molecule has 1 aliphatic rings. The quantitative estimate of drug-likeness (QED) is 0.329. The zero-order valence-corrected chi connectivity index (χ0v) is 18.3.